The molecule has 2 N–H and O–H groups in total. The van der Waals surface area contributed by atoms with Crippen LogP contribution in [0, 0.1) is 0 Å². The van der Waals surface area contributed by atoms with Crippen molar-refractivity contribution in [1.29, 1.82) is 0 Å². The highest BCUT2D eigenvalue weighted by atomic mass is 16.2. The molecule has 0 saturated carbocycles. The van der Waals surface area contributed by atoms with E-state index < -0.39 is 0 Å². The highest BCUT2D eigenvalue weighted by molar-refractivity contribution is 5.77. The van der Waals surface area contributed by atoms with Gasteiger partial charge in [0.1, 0.15) is 19.2 Å². The number of aromatic nitrogens is 3. The molecule has 164 valence electrons. The number of rotatable bonds is 11. The summed E-state index contributed by atoms with van der Waals surface area (Å²) in [7, 11) is 0. The van der Waals surface area contributed by atoms with Gasteiger partial charge in [0.05, 0.1) is 0 Å². The van der Waals surface area contributed by atoms with Crippen LogP contribution in [0.25, 0.3) is 0 Å². The Balaban J connectivity index is 0.00000218. The van der Waals surface area contributed by atoms with Gasteiger partial charge in [0.25, 0.3) is 0 Å². The molecule has 0 bridgehead atoms. The number of nitrogens with one attached hydrogen (secondary N) is 2. The van der Waals surface area contributed by atoms with Gasteiger partial charge in [-0.3, -0.25) is 4.79 Å². The highest BCUT2D eigenvalue weighted by Gasteiger charge is 2.08. The summed E-state index contributed by atoms with van der Waals surface area (Å²) in [5.74, 6) is -0.118. The number of hydrogen-bond acceptors (Lipinski definition) is 4. The summed E-state index contributed by atoms with van der Waals surface area (Å²) in [4.78, 5) is 15.8. The number of carbonyl (C=O) groups excluding carboxylic acids is 1. The van der Waals surface area contributed by atoms with Gasteiger partial charge in [0, 0.05) is 17.8 Å². The average molecular weight is 412 g/mol. The van der Waals surface area contributed by atoms with E-state index in [4.69, 9.17) is 0 Å². The van der Waals surface area contributed by atoms with E-state index in [-0.39, 0.29) is 12.5 Å². The van der Waals surface area contributed by atoms with E-state index in [1.165, 1.54) is 22.9 Å². The zero-order chi connectivity index (χ0) is 22.2. The molecule has 30 heavy (non-hydrogen) atoms. The second-order valence-corrected chi connectivity index (χ2v) is 7.02. The van der Waals surface area contributed by atoms with Crippen LogP contribution in [-0.2, 0) is 17.8 Å². The molecule has 0 fully saturated rings. The summed E-state index contributed by atoms with van der Waals surface area (Å²) in [6.07, 6.45) is 11.9. The van der Waals surface area contributed by atoms with Crippen LogP contribution >= 0.6 is 0 Å². The van der Waals surface area contributed by atoms with Gasteiger partial charge in [-0.15, -0.1) is 0 Å². The van der Waals surface area contributed by atoms with Gasteiger partial charge in [-0.25, -0.2) is 9.67 Å². The summed E-state index contributed by atoms with van der Waals surface area (Å²) in [5, 5.41) is 10.5. The maximum absolute atomic E-state index is 12.0. The Hall–Kier alpha value is -2.73. The smallest absolute Gasteiger partial charge is 0.246 e. The highest BCUT2D eigenvalue weighted by Crippen LogP contribution is 2.06. The average Bonchev–Trinajstić information content (AvgIpc) is 3.25. The molecule has 0 unspecified atom stereocenters. The molecule has 0 aliphatic carbocycles. The molecular weight excluding hydrogens is 374 g/mol. The van der Waals surface area contributed by atoms with Crippen molar-refractivity contribution in [3.63, 3.8) is 0 Å². The molecule has 0 radical (unpaired) electrons. The number of hydrogen-bond donors (Lipinski definition) is 2. The monoisotopic (exact) mass is 411 g/mol. The third-order valence-corrected chi connectivity index (χ3v) is 4.38. The van der Waals surface area contributed by atoms with E-state index in [0.29, 0.717) is 12.1 Å². The Morgan fingerprint density at radius 1 is 1.17 bits per heavy atom. The number of allylic oxidation sites excluding steroid dienone is 3. The molecule has 0 aliphatic heterocycles. The zero-order valence-electron chi connectivity index (χ0n) is 19.0. The van der Waals surface area contributed by atoms with E-state index in [1.54, 1.807) is 0 Å². The minimum absolute atomic E-state index is 0.118. The molecule has 0 aliphatic rings. The molecule has 0 spiro atoms. The van der Waals surface area contributed by atoms with Crippen molar-refractivity contribution in [2.75, 3.05) is 0 Å². The minimum atomic E-state index is -0.118. The summed E-state index contributed by atoms with van der Waals surface area (Å²) >= 11 is 0. The molecule has 1 heterocycles. The maximum Gasteiger partial charge on any atom is 0.246 e. The van der Waals surface area contributed by atoms with Gasteiger partial charge in [0.15, 0.2) is 0 Å². The van der Waals surface area contributed by atoms with Crippen LogP contribution in [-0.4, -0.2) is 32.8 Å². The quantitative estimate of drug-likeness (QED) is 0.542. The van der Waals surface area contributed by atoms with Crippen molar-refractivity contribution in [1.82, 2.24) is 25.4 Å². The first-order valence-corrected chi connectivity index (χ1v) is 10.8. The van der Waals surface area contributed by atoms with Crippen LogP contribution in [0.1, 0.15) is 53.0 Å². The van der Waals surface area contributed by atoms with E-state index in [2.05, 4.69) is 64.9 Å². The summed E-state index contributed by atoms with van der Waals surface area (Å²) in [6.45, 7) is 10.5. The third kappa shape index (κ3) is 10.7. The van der Waals surface area contributed by atoms with Gasteiger partial charge in [-0.2, -0.15) is 5.10 Å². The summed E-state index contributed by atoms with van der Waals surface area (Å²) in [5.41, 5.74) is 2.15. The van der Waals surface area contributed by atoms with Crippen molar-refractivity contribution >= 4 is 5.91 Å². The number of amides is 1. The maximum atomic E-state index is 12.0. The minimum Gasteiger partial charge on any atom is -0.325 e. The normalized spacial score (nSPS) is 13.4. The Morgan fingerprint density at radius 2 is 1.90 bits per heavy atom. The number of carbonyl (C=O) groups is 1. The fraction of sp³-hybridized carbons (Fsp3) is 0.458. The summed E-state index contributed by atoms with van der Waals surface area (Å²) < 4.78 is 1.50. The number of nitrogens with zero attached hydrogens (tertiary/aromatic N) is 3. The first-order chi connectivity index (χ1) is 14.6. The molecule has 6 heteroatoms. The van der Waals surface area contributed by atoms with Crippen LogP contribution in [0.2, 0.25) is 0 Å². The van der Waals surface area contributed by atoms with Crippen molar-refractivity contribution in [3.8, 4) is 0 Å². The summed E-state index contributed by atoms with van der Waals surface area (Å²) in [6, 6.07) is 11.4. The molecule has 1 aromatic heterocycles. The Labute approximate surface area is 181 Å². The SMILES string of the molecule is C/C=C(\C=C/CC[C@H](C)N[C@H](C)Cc1ccccc1)NC(=O)Cn1cncn1.CC. The van der Waals surface area contributed by atoms with Gasteiger partial charge in [0.2, 0.25) is 5.91 Å². The van der Waals surface area contributed by atoms with Gasteiger partial charge in [-0.1, -0.05) is 56.3 Å². The van der Waals surface area contributed by atoms with Crippen LogP contribution in [0.3, 0.4) is 0 Å². The van der Waals surface area contributed by atoms with Crippen LogP contribution in [0.4, 0.5) is 0 Å². The molecule has 1 amide bonds. The number of benzene rings is 1. The fourth-order valence-corrected chi connectivity index (χ4v) is 3.02. The van der Waals surface area contributed by atoms with Crippen molar-refractivity contribution < 1.29 is 4.79 Å². The second kappa shape index (κ2) is 15.2. The van der Waals surface area contributed by atoms with Gasteiger partial charge < -0.3 is 10.6 Å². The zero-order valence-corrected chi connectivity index (χ0v) is 19.0. The largest absolute Gasteiger partial charge is 0.325 e. The van der Waals surface area contributed by atoms with Crippen LogP contribution < -0.4 is 10.6 Å². The van der Waals surface area contributed by atoms with E-state index in [1.807, 2.05) is 39.0 Å². The lowest BCUT2D eigenvalue weighted by molar-refractivity contribution is -0.121. The predicted octanol–water partition coefficient (Wildman–Crippen LogP) is 4.27. The van der Waals surface area contributed by atoms with Crippen molar-refractivity contribution in [3.05, 3.63) is 72.5 Å². The Morgan fingerprint density at radius 3 is 2.53 bits per heavy atom. The molecule has 2 atom stereocenters. The predicted molar refractivity (Wildman–Crippen MR) is 124 cm³/mol. The Kier molecular flexibility index (Phi) is 12.8. The third-order valence-electron chi connectivity index (χ3n) is 4.38. The van der Waals surface area contributed by atoms with Crippen LogP contribution in [0.15, 0.2) is 66.9 Å². The standard InChI is InChI=1S/C22H31N5O.C2H6/c1-4-21(26-22(28)15-27-17-23-16-24-27)13-9-8-10-18(2)25-19(3)14-20-11-6-5-7-12-20;1-2/h4-7,9,11-13,16-19,25H,8,10,14-15H2,1-3H3,(H,26,28);1-2H3/b13-9-,21-4+;/t18-,19+;/m0./s1. The van der Waals surface area contributed by atoms with E-state index in [0.717, 1.165) is 25.0 Å². The molecule has 6 nitrogen and oxygen atoms in total. The lowest BCUT2D eigenvalue weighted by Crippen LogP contribution is -2.35. The van der Waals surface area contributed by atoms with Crippen molar-refractivity contribution in [2.24, 2.45) is 0 Å². The lowest BCUT2D eigenvalue weighted by atomic mass is 10.1. The molecule has 2 rings (SSSR count). The van der Waals surface area contributed by atoms with Crippen molar-refractivity contribution in [2.45, 2.75) is 72.5 Å². The molecule has 2 aromatic rings. The van der Waals surface area contributed by atoms with Gasteiger partial charge >= 0.3 is 0 Å². The molecular formula is C24H37N5O. The molecule has 0 saturated heterocycles. The van der Waals surface area contributed by atoms with Gasteiger partial charge in [-0.05, 0) is 51.7 Å². The van der Waals surface area contributed by atoms with E-state index in [9.17, 15) is 4.79 Å². The molecule has 1 aromatic carbocycles. The van der Waals surface area contributed by atoms with E-state index >= 15 is 0 Å². The lowest BCUT2D eigenvalue weighted by Gasteiger charge is -2.19. The first kappa shape index (κ1) is 25.3. The topological polar surface area (TPSA) is 71.8 Å². The van der Waals surface area contributed by atoms with Crippen LogP contribution in [0.5, 0.6) is 0 Å². The Bertz CT molecular complexity index is 753. The first-order valence-electron chi connectivity index (χ1n) is 10.8. The fourth-order valence-electron chi connectivity index (χ4n) is 3.02. The second-order valence-electron chi connectivity index (χ2n) is 7.02.